The van der Waals surface area contributed by atoms with E-state index in [-0.39, 0.29) is 17.7 Å². The molecule has 0 fully saturated rings. The van der Waals surface area contributed by atoms with Gasteiger partial charge in [0.25, 0.3) is 0 Å². The summed E-state index contributed by atoms with van der Waals surface area (Å²) in [6.45, 7) is 3.88. The maximum atomic E-state index is 12.1. The van der Waals surface area contributed by atoms with Crippen molar-refractivity contribution in [2.75, 3.05) is 5.32 Å². The van der Waals surface area contributed by atoms with Crippen LogP contribution in [0.15, 0.2) is 54.6 Å². The molecule has 0 saturated carbocycles. The number of Topliss-reactive ketones (excluding diaryl/α,β-unsaturated/α-hetero) is 1. The van der Waals surface area contributed by atoms with Gasteiger partial charge in [0.15, 0.2) is 0 Å². The third-order valence-corrected chi connectivity index (χ3v) is 3.90. The van der Waals surface area contributed by atoms with Gasteiger partial charge in [-0.05, 0) is 23.8 Å². The van der Waals surface area contributed by atoms with Crippen molar-refractivity contribution >= 4 is 23.1 Å². The fourth-order valence-corrected chi connectivity index (χ4v) is 2.61. The van der Waals surface area contributed by atoms with Crippen molar-refractivity contribution in [2.45, 2.75) is 26.3 Å². The maximum Gasteiger partial charge on any atom is 0.137 e. The molecule has 0 aliphatic carbocycles. The number of hydrogen-bond donors (Lipinski definition) is 1. The van der Waals surface area contributed by atoms with E-state index in [0.717, 1.165) is 11.3 Å². The normalized spacial score (nSPS) is 13.5. The Bertz CT molecular complexity index is 597. The van der Waals surface area contributed by atoms with E-state index >= 15 is 0 Å². The number of halogens is 1. The molecule has 0 aliphatic rings. The van der Waals surface area contributed by atoms with Gasteiger partial charge in [0.05, 0.1) is 6.04 Å². The van der Waals surface area contributed by atoms with Gasteiger partial charge in [-0.3, -0.25) is 4.79 Å². The van der Waals surface area contributed by atoms with E-state index in [1.807, 2.05) is 68.4 Å². The molecule has 0 heterocycles. The number of hydrogen-bond acceptors (Lipinski definition) is 2. The standard InChI is InChI=1S/C18H20ClNO/c1-3-17(21)13(2)18(14-8-5-4-6-9-14)20-16-11-7-10-15(19)12-16/h4-13,18,20H,3H2,1-2H3. The van der Waals surface area contributed by atoms with E-state index in [1.165, 1.54) is 0 Å². The fourth-order valence-electron chi connectivity index (χ4n) is 2.42. The highest BCUT2D eigenvalue weighted by atomic mass is 35.5. The molecule has 0 aliphatic heterocycles. The molecule has 2 rings (SSSR count). The minimum Gasteiger partial charge on any atom is -0.377 e. The SMILES string of the molecule is CCC(=O)C(C)C(Nc1cccc(Cl)c1)c1ccccc1. The van der Waals surface area contributed by atoms with Crippen LogP contribution in [0, 0.1) is 5.92 Å². The molecule has 2 atom stereocenters. The Labute approximate surface area is 131 Å². The van der Waals surface area contributed by atoms with Crippen LogP contribution in [0.2, 0.25) is 5.02 Å². The summed E-state index contributed by atoms with van der Waals surface area (Å²) in [4.78, 5) is 12.1. The van der Waals surface area contributed by atoms with E-state index < -0.39 is 0 Å². The Kier molecular flexibility index (Phi) is 5.40. The van der Waals surface area contributed by atoms with Crippen LogP contribution in [-0.4, -0.2) is 5.78 Å². The summed E-state index contributed by atoms with van der Waals surface area (Å²) in [6.07, 6.45) is 0.543. The molecule has 2 aromatic carbocycles. The topological polar surface area (TPSA) is 29.1 Å². The number of carbonyl (C=O) groups excluding carboxylic acids is 1. The molecule has 2 unspecified atom stereocenters. The van der Waals surface area contributed by atoms with Gasteiger partial charge in [0.2, 0.25) is 0 Å². The van der Waals surface area contributed by atoms with Crippen molar-refractivity contribution in [2.24, 2.45) is 5.92 Å². The van der Waals surface area contributed by atoms with Crippen LogP contribution in [-0.2, 0) is 4.79 Å². The number of anilines is 1. The highest BCUT2D eigenvalue weighted by Gasteiger charge is 2.24. The molecular formula is C18H20ClNO. The lowest BCUT2D eigenvalue weighted by Gasteiger charge is -2.26. The molecular weight excluding hydrogens is 282 g/mol. The van der Waals surface area contributed by atoms with Gasteiger partial charge in [0, 0.05) is 23.0 Å². The Morgan fingerprint density at radius 3 is 2.48 bits per heavy atom. The summed E-state index contributed by atoms with van der Waals surface area (Å²) in [5.74, 6) is 0.148. The number of nitrogens with one attached hydrogen (secondary N) is 1. The van der Waals surface area contributed by atoms with Gasteiger partial charge in [-0.2, -0.15) is 0 Å². The summed E-state index contributed by atoms with van der Waals surface area (Å²) >= 11 is 6.04. The number of benzene rings is 2. The van der Waals surface area contributed by atoms with E-state index in [1.54, 1.807) is 0 Å². The first-order valence-corrected chi connectivity index (χ1v) is 7.59. The minimum atomic E-state index is -0.101. The van der Waals surface area contributed by atoms with Gasteiger partial charge in [-0.15, -0.1) is 0 Å². The average Bonchev–Trinajstić information content (AvgIpc) is 2.52. The van der Waals surface area contributed by atoms with Gasteiger partial charge in [-0.25, -0.2) is 0 Å². The number of rotatable bonds is 6. The van der Waals surface area contributed by atoms with Crippen LogP contribution in [0.1, 0.15) is 31.9 Å². The lowest BCUT2D eigenvalue weighted by atomic mass is 9.90. The van der Waals surface area contributed by atoms with Crippen LogP contribution < -0.4 is 5.32 Å². The predicted molar refractivity (Wildman–Crippen MR) is 88.7 cm³/mol. The second-order valence-corrected chi connectivity index (χ2v) is 5.59. The maximum absolute atomic E-state index is 12.1. The van der Waals surface area contributed by atoms with E-state index in [2.05, 4.69) is 5.32 Å². The van der Waals surface area contributed by atoms with E-state index in [0.29, 0.717) is 11.4 Å². The fraction of sp³-hybridized carbons (Fsp3) is 0.278. The molecule has 0 bridgehead atoms. The van der Waals surface area contributed by atoms with Crippen molar-refractivity contribution in [3.63, 3.8) is 0 Å². The summed E-state index contributed by atoms with van der Waals surface area (Å²) in [5, 5.41) is 4.13. The lowest BCUT2D eigenvalue weighted by molar-refractivity contribution is -0.122. The first-order chi connectivity index (χ1) is 10.1. The van der Waals surface area contributed by atoms with Crippen LogP contribution >= 0.6 is 11.6 Å². The molecule has 0 amide bonds. The lowest BCUT2D eigenvalue weighted by Crippen LogP contribution is -2.25. The highest BCUT2D eigenvalue weighted by molar-refractivity contribution is 6.30. The molecule has 0 radical (unpaired) electrons. The quantitative estimate of drug-likeness (QED) is 0.803. The Morgan fingerprint density at radius 1 is 1.14 bits per heavy atom. The van der Waals surface area contributed by atoms with E-state index in [9.17, 15) is 4.79 Å². The first kappa shape index (κ1) is 15.6. The first-order valence-electron chi connectivity index (χ1n) is 7.21. The van der Waals surface area contributed by atoms with Crippen molar-refractivity contribution < 1.29 is 4.79 Å². The predicted octanol–water partition coefficient (Wildman–Crippen LogP) is 5.11. The molecule has 0 aromatic heterocycles. The van der Waals surface area contributed by atoms with Crippen molar-refractivity contribution in [3.8, 4) is 0 Å². The summed E-state index contributed by atoms with van der Waals surface area (Å²) < 4.78 is 0. The number of carbonyl (C=O) groups is 1. The van der Waals surface area contributed by atoms with Crippen molar-refractivity contribution in [3.05, 3.63) is 65.2 Å². The van der Waals surface area contributed by atoms with Gasteiger partial charge in [0.1, 0.15) is 5.78 Å². The molecule has 2 aromatic rings. The molecule has 0 saturated heterocycles. The monoisotopic (exact) mass is 301 g/mol. The zero-order valence-electron chi connectivity index (χ0n) is 12.3. The van der Waals surface area contributed by atoms with Crippen LogP contribution in [0.5, 0.6) is 0 Å². The zero-order valence-corrected chi connectivity index (χ0v) is 13.1. The summed E-state index contributed by atoms with van der Waals surface area (Å²) in [6, 6.07) is 17.6. The Morgan fingerprint density at radius 2 is 1.86 bits per heavy atom. The third kappa shape index (κ3) is 4.08. The van der Waals surface area contributed by atoms with Gasteiger partial charge in [-0.1, -0.05) is 61.8 Å². The third-order valence-electron chi connectivity index (χ3n) is 3.66. The zero-order chi connectivity index (χ0) is 15.2. The molecule has 2 nitrogen and oxygen atoms in total. The second kappa shape index (κ2) is 7.28. The largest absolute Gasteiger partial charge is 0.377 e. The van der Waals surface area contributed by atoms with Gasteiger partial charge < -0.3 is 5.32 Å². The molecule has 1 N–H and O–H groups in total. The molecule has 0 spiro atoms. The van der Waals surface area contributed by atoms with Crippen LogP contribution in [0.25, 0.3) is 0 Å². The van der Waals surface area contributed by atoms with Crippen LogP contribution in [0.4, 0.5) is 5.69 Å². The number of ketones is 1. The summed E-state index contributed by atoms with van der Waals surface area (Å²) in [7, 11) is 0. The van der Waals surface area contributed by atoms with Gasteiger partial charge >= 0.3 is 0 Å². The minimum absolute atomic E-state index is 0.0582. The summed E-state index contributed by atoms with van der Waals surface area (Å²) in [5.41, 5.74) is 2.03. The Balaban J connectivity index is 2.30. The highest BCUT2D eigenvalue weighted by Crippen LogP contribution is 2.29. The second-order valence-electron chi connectivity index (χ2n) is 5.15. The van der Waals surface area contributed by atoms with Crippen LogP contribution in [0.3, 0.4) is 0 Å². The van der Waals surface area contributed by atoms with Crippen molar-refractivity contribution in [1.29, 1.82) is 0 Å². The van der Waals surface area contributed by atoms with Crippen molar-refractivity contribution in [1.82, 2.24) is 0 Å². The average molecular weight is 302 g/mol. The Hall–Kier alpha value is -1.80. The molecule has 21 heavy (non-hydrogen) atoms. The molecule has 110 valence electrons. The van der Waals surface area contributed by atoms with E-state index in [4.69, 9.17) is 11.6 Å². The molecule has 3 heteroatoms. The smallest absolute Gasteiger partial charge is 0.137 e.